The molecule has 0 saturated heterocycles. The van der Waals surface area contributed by atoms with Gasteiger partial charge in [0, 0.05) is 0 Å². The molecular formula is H8F6N2Si. The van der Waals surface area contributed by atoms with E-state index in [1.807, 2.05) is 0 Å². The second-order valence-electron chi connectivity index (χ2n) is 0.429. The lowest BCUT2D eigenvalue weighted by molar-refractivity contribution is -0.001000. The van der Waals surface area contributed by atoms with E-state index < -0.39 is 9.41 Å². The van der Waals surface area contributed by atoms with Crippen LogP contribution in [-0.4, -0.2) is 9.41 Å². The van der Waals surface area contributed by atoms with Crippen molar-refractivity contribution in [3.63, 3.8) is 0 Å². The third-order valence-corrected chi connectivity index (χ3v) is 0. The van der Waals surface area contributed by atoms with Crippen LogP contribution in [0.2, 0.25) is 0 Å². The van der Waals surface area contributed by atoms with Crippen molar-refractivity contribution in [2.24, 2.45) is 0 Å². The molecule has 0 aliphatic rings. The van der Waals surface area contributed by atoms with Gasteiger partial charge in [-0.2, -0.15) is 0 Å². The van der Waals surface area contributed by atoms with Gasteiger partial charge in [0.25, 0.3) is 0 Å². The van der Waals surface area contributed by atoms with Crippen molar-refractivity contribution in [3.05, 3.63) is 0 Å². The van der Waals surface area contributed by atoms with Gasteiger partial charge in [-0.3, -0.25) is 0 Å². The Balaban J connectivity index is -0.0000000133. The first-order valence-corrected chi connectivity index (χ1v) is 2.27. The van der Waals surface area contributed by atoms with Gasteiger partial charge in [0.1, 0.15) is 0 Å². The Morgan fingerprint density at radius 2 is 0.667 bits per heavy atom. The minimum absolute atomic E-state index is 0. The normalized spacial score (nSPS) is 6.67. The van der Waals surface area contributed by atoms with Crippen LogP contribution in [0.1, 0.15) is 0 Å². The minimum atomic E-state index is -6.61. The van der Waals surface area contributed by atoms with E-state index in [-0.39, 0.29) is 21.7 Å². The monoisotopic (exact) mass is 178 g/mol. The number of halogens is 6. The molecule has 0 rings (SSSR count). The van der Waals surface area contributed by atoms with Crippen molar-refractivity contribution in [3.8, 4) is 0 Å². The highest BCUT2D eigenvalue weighted by molar-refractivity contribution is 6.50. The molecule has 9 heavy (non-hydrogen) atoms. The molecule has 0 spiro atoms. The van der Waals surface area contributed by atoms with E-state index in [1.54, 1.807) is 0 Å². The van der Waals surface area contributed by atoms with E-state index >= 15 is 0 Å². The van der Waals surface area contributed by atoms with Crippen molar-refractivity contribution in [1.29, 1.82) is 0 Å². The van der Waals surface area contributed by atoms with Gasteiger partial charge in [-0.05, 0) is 0 Å². The van der Waals surface area contributed by atoms with Crippen LogP contribution in [0.25, 0.3) is 0 Å². The van der Waals surface area contributed by atoms with Gasteiger partial charge in [-0.1, -0.05) is 0 Å². The molecule has 0 saturated carbocycles. The third kappa shape index (κ3) is 3150. The van der Waals surface area contributed by atoms with Crippen molar-refractivity contribution in [2.75, 3.05) is 0 Å². The highest BCUT2D eigenvalue weighted by Crippen LogP contribution is 2.06. The Kier molecular flexibility index (Phi) is 44.5. The summed E-state index contributed by atoms with van der Waals surface area (Å²) in [7, 11) is -6.61. The zero-order valence-electron chi connectivity index (χ0n) is 4.77. The molecule has 0 radical (unpaired) electrons. The SMILES string of the molecule is F[Si](F)(F)F.[F-].[F-].[NH4+].[NH4+]. The van der Waals surface area contributed by atoms with Gasteiger partial charge in [0.15, 0.2) is 0 Å². The quantitative estimate of drug-likeness (QED) is 0.216. The summed E-state index contributed by atoms with van der Waals surface area (Å²) in [6.45, 7) is 0. The molecule has 8 N–H and O–H groups in total. The predicted molar refractivity (Wildman–Crippen MR) is 22.2 cm³/mol. The Labute approximate surface area is 48.8 Å². The number of rotatable bonds is 0. The van der Waals surface area contributed by atoms with Crippen LogP contribution < -0.4 is 21.7 Å². The summed E-state index contributed by atoms with van der Waals surface area (Å²) in [6.07, 6.45) is 0. The largest absolute Gasteiger partial charge is 1.00 e. The van der Waals surface area contributed by atoms with Crippen LogP contribution in [0.15, 0.2) is 0 Å². The summed E-state index contributed by atoms with van der Waals surface area (Å²) in [5.41, 5.74) is 0. The van der Waals surface area contributed by atoms with E-state index in [9.17, 15) is 16.4 Å². The molecule has 0 heterocycles. The summed E-state index contributed by atoms with van der Waals surface area (Å²) in [4.78, 5) is 0. The van der Waals surface area contributed by atoms with E-state index in [1.165, 1.54) is 0 Å². The number of hydrogen-bond donors (Lipinski definition) is 2. The lowest BCUT2D eigenvalue weighted by Crippen LogP contribution is -3.00. The second kappa shape index (κ2) is 10.7. The van der Waals surface area contributed by atoms with Crippen LogP contribution in [0.4, 0.5) is 16.4 Å². The fourth-order valence-corrected chi connectivity index (χ4v) is 0. The summed E-state index contributed by atoms with van der Waals surface area (Å²) in [6, 6.07) is 0. The van der Waals surface area contributed by atoms with Crippen molar-refractivity contribution in [1.82, 2.24) is 12.3 Å². The third-order valence-electron chi connectivity index (χ3n) is 0. The number of quaternary nitrogens is 2. The van der Waals surface area contributed by atoms with E-state index in [0.29, 0.717) is 0 Å². The first-order chi connectivity index (χ1) is 2.00. The van der Waals surface area contributed by atoms with Gasteiger partial charge in [0.05, 0.1) is 0 Å². The molecule has 0 bridgehead atoms. The van der Waals surface area contributed by atoms with Crippen LogP contribution >= 0.6 is 0 Å². The molecule has 0 unspecified atom stereocenters. The zero-order chi connectivity index (χ0) is 4.50. The van der Waals surface area contributed by atoms with Crippen LogP contribution in [0.3, 0.4) is 0 Å². The van der Waals surface area contributed by atoms with Crippen LogP contribution in [-0.2, 0) is 0 Å². The fraction of sp³-hybridized carbons (Fsp3) is 0. The molecular weight excluding hydrogens is 170 g/mol. The molecule has 0 aromatic rings. The maximum atomic E-state index is 9.83. The van der Waals surface area contributed by atoms with Gasteiger partial charge in [0.2, 0.25) is 0 Å². The van der Waals surface area contributed by atoms with Gasteiger partial charge < -0.3 is 21.7 Å². The first-order valence-electron chi connectivity index (χ1n) is 0.756. The molecule has 0 aromatic heterocycles. The van der Waals surface area contributed by atoms with Crippen molar-refractivity contribution >= 4 is 9.41 Å². The maximum absolute atomic E-state index is 9.83. The first kappa shape index (κ1) is 37.6. The van der Waals surface area contributed by atoms with Gasteiger partial charge >= 0.3 is 9.41 Å². The second-order valence-corrected chi connectivity index (χ2v) is 1.29. The highest BCUT2D eigenvalue weighted by atomic mass is 28.5. The standard InChI is InChI=1S/F4Si.2FH.2H3N/c1-5(2,3)4;;;;/h;2*1H;2*1H3. The van der Waals surface area contributed by atoms with Crippen molar-refractivity contribution in [2.45, 2.75) is 0 Å². The average molecular weight is 178 g/mol. The number of hydrogen-bond acceptors (Lipinski definition) is 0. The molecule has 0 aliphatic carbocycles. The van der Waals surface area contributed by atoms with E-state index in [2.05, 4.69) is 0 Å². The molecule has 0 fully saturated rings. The Hall–Kier alpha value is -0.283. The van der Waals surface area contributed by atoms with E-state index in [4.69, 9.17) is 0 Å². The fourth-order valence-electron chi connectivity index (χ4n) is 0. The predicted octanol–water partition coefficient (Wildman–Crippen LogP) is -3.94. The molecule has 0 aliphatic heterocycles. The van der Waals surface area contributed by atoms with Gasteiger partial charge in [-0.25, -0.2) is 16.4 Å². The minimum Gasteiger partial charge on any atom is -1.00 e. The highest BCUT2D eigenvalue weighted by Gasteiger charge is 2.39. The summed E-state index contributed by atoms with van der Waals surface area (Å²) in [5, 5.41) is 0. The Morgan fingerprint density at radius 3 is 0.667 bits per heavy atom. The topological polar surface area (TPSA) is 73.0 Å². The summed E-state index contributed by atoms with van der Waals surface area (Å²) in [5.74, 6) is 0. The van der Waals surface area contributed by atoms with Crippen LogP contribution in [0.5, 0.6) is 0 Å². The molecule has 0 amide bonds. The Bertz CT molecular complexity index is 26.5. The molecule has 2 nitrogen and oxygen atoms in total. The maximum Gasteiger partial charge on any atom is 0.844 e. The average Bonchev–Trinajstić information content (AvgIpc) is 0.722. The summed E-state index contributed by atoms with van der Waals surface area (Å²) >= 11 is 0. The molecule has 64 valence electrons. The lowest BCUT2D eigenvalue weighted by atomic mass is 14.0. The molecule has 9 heteroatoms. The smallest absolute Gasteiger partial charge is 0.844 e. The lowest BCUT2D eigenvalue weighted by Gasteiger charge is -1.75. The van der Waals surface area contributed by atoms with E-state index in [0.717, 1.165) is 0 Å². The molecule has 0 atom stereocenters. The summed E-state index contributed by atoms with van der Waals surface area (Å²) < 4.78 is 39.3. The van der Waals surface area contributed by atoms with Gasteiger partial charge in [-0.15, -0.1) is 0 Å². The molecule has 0 aromatic carbocycles. The van der Waals surface area contributed by atoms with Crippen molar-refractivity contribution < 1.29 is 25.8 Å². The Morgan fingerprint density at radius 1 is 0.667 bits per heavy atom. The van der Waals surface area contributed by atoms with Crippen LogP contribution in [0, 0.1) is 0 Å². The zero-order valence-corrected chi connectivity index (χ0v) is 5.77.